The van der Waals surface area contributed by atoms with Gasteiger partial charge in [0.15, 0.2) is 0 Å². The van der Waals surface area contributed by atoms with Crippen molar-refractivity contribution in [3.8, 4) is 11.8 Å². The quantitative estimate of drug-likeness (QED) is 0.355. The molecule has 0 aromatic heterocycles. The molecule has 0 fully saturated rings. The lowest BCUT2D eigenvalue weighted by Crippen LogP contribution is -2.51. The average Bonchev–Trinajstić information content (AvgIpc) is 2.80. The lowest BCUT2D eigenvalue weighted by molar-refractivity contribution is -0.0623. The van der Waals surface area contributed by atoms with Crippen LogP contribution in [0.1, 0.15) is 36.6 Å². The first-order valence-corrected chi connectivity index (χ1v) is 10.2. The Labute approximate surface area is 187 Å². The van der Waals surface area contributed by atoms with Gasteiger partial charge in [0, 0.05) is 17.8 Å². The summed E-state index contributed by atoms with van der Waals surface area (Å²) in [5, 5.41) is 23.5. The van der Waals surface area contributed by atoms with Crippen LogP contribution in [0.2, 0.25) is 0 Å². The van der Waals surface area contributed by atoms with Crippen molar-refractivity contribution in [3.63, 3.8) is 0 Å². The Bertz CT molecular complexity index is 1040. The van der Waals surface area contributed by atoms with Gasteiger partial charge in [-0.25, -0.2) is 4.79 Å². The van der Waals surface area contributed by atoms with Crippen molar-refractivity contribution in [2.45, 2.75) is 38.2 Å². The molecule has 1 aliphatic heterocycles. The van der Waals surface area contributed by atoms with E-state index in [-0.39, 0.29) is 13.2 Å². The van der Waals surface area contributed by atoms with E-state index in [1.807, 2.05) is 30.3 Å². The number of aliphatic hydroxyl groups excluding tert-OH is 1. The third kappa shape index (κ3) is 5.77. The second-order valence-corrected chi connectivity index (χ2v) is 7.88. The standard InChI is InChI=1S/C25H26N2O5/c1-25(2)24(29)23(21-13-19(14-26)9-10-22(21)32-25)27-15-20(17-30-12-6-11-28)31-16-18-7-4-3-5-8-18/h3-10,13,15,23-24,27,29H,12,16-17H2,1-2H3/b20-15+/t23-,24+/m1/s1. The highest BCUT2D eigenvalue weighted by molar-refractivity contribution is 5.46. The van der Waals surface area contributed by atoms with E-state index in [0.717, 1.165) is 5.56 Å². The summed E-state index contributed by atoms with van der Waals surface area (Å²) < 4.78 is 17.3. The smallest absolute Gasteiger partial charge is 0.138 e. The predicted octanol–water partition coefficient (Wildman–Crippen LogP) is 3.18. The average molecular weight is 434 g/mol. The highest BCUT2D eigenvalue weighted by atomic mass is 16.5. The summed E-state index contributed by atoms with van der Waals surface area (Å²) in [6.45, 7) is 4.17. The van der Waals surface area contributed by atoms with Crippen molar-refractivity contribution < 1.29 is 24.1 Å². The molecule has 0 unspecified atom stereocenters. The van der Waals surface area contributed by atoms with Crippen LogP contribution in [-0.4, -0.2) is 36.0 Å². The van der Waals surface area contributed by atoms with Crippen LogP contribution in [0.3, 0.4) is 0 Å². The van der Waals surface area contributed by atoms with E-state index in [1.165, 1.54) is 6.08 Å². The van der Waals surface area contributed by atoms with E-state index in [9.17, 15) is 15.2 Å². The number of nitrogens with zero attached hydrogens (tertiary/aromatic N) is 1. The summed E-state index contributed by atoms with van der Waals surface area (Å²) in [5.74, 6) is 2.76. The number of benzene rings is 2. The van der Waals surface area contributed by atoms with E-state index in [0.29, 0.717) is 29.2 Å². The zero-order valence-corrected chi connectivity index (χ0v) is 18.1. The molecule has 0 spiro atoms. The van der Waals surface area contributed by atoms with Gasteiger partial charge in [-0.3, -0.25) is 0 Å². The summed E-state index contributed by atoms with van der Waals surface area (Å²) in [6.07, 6.45) is 1.99. The van der Waals surface area contributed by atoms with Crippen molar-refractivity contribution >= 4 is 5.94 Å². The van der Waals surface area contributed by atoms with Gasteiger partial charge in [-0.05, 0) is 37.6 Å². The fraction of sp³-hybridized carbons (Fsp3) is 0.320. The number of fused-ring (bicyclic) bond motifs is 1. The van der Waals surface area contributed by atoms with Gasteiger partial charge < -0.3 is 24.6 Å². The molecule has 0 saturated carbocycles. The zero-order chi connectivity index (χ0) is 23.0. The van der Waals surface area contributed by atoms with Crippen molar-refractivity contribution in [2.75, 3.05) is 13.2 Å². The van der Waals surface area contributed by atoms with Gasteiger partial charge in [0.1, 0.15) is 42.4 Å². The molecule has 0 bridgehead atoms. The Balaban J connectivity index is 1.82. The molecule has 32 heavy (non-hydrogen) atoms. The highest BCUT2D eigenvalue weighted by Gasteiger charge is 2.42. The molecule has 1 heterocycles. The van der Waals surface area contributed by atoms with Crippen LogP contribution in [0.15, 0.2) is 66.6 Å². The van der Waals surface area contributed by atoms with Crippen LogP contribution in [-0.2, 0) is 20.9 Å². The molecule has 2 aromatic carbocycles. The van der Waals surface area contributed by atoms with E-state index < -0.39 is 17.7 Å². The van der Waals surface area contributed by atoms with Crippen LogP contribution >= 0.6 is 0 Å². The summed E-state index contributed by atoms with van der Waals surface area (Å²) in [5.41, 5.74) is 1.30. The van der Waals surface area contributed by atoms with Crippen molar-refractivity contribution in [1.82, 2.24) is 5.32 Å². The lowest BCUT2D eigenvalue weighted by atomic mass is 9.86. The third-order valence-electron chi connectivity index (χ3n) is 5.09. The number of aliphatic hydroxyl groups is 1. The lowest BCUT2D eigenvalue weighted by Gasteiger charge is -2.42. The van der Waals surface area contributed by atoms with Gasteiger partial charge >= 0.3 is 0 Å². The minimum absolute atomic E-state index is 0.108. The molecular formula is C25H26N2O5. The van der Waals surface area contributed by atoms with Crippen molar-refractivity contribution in [3.05, 3.63) is 83.3 Å². The molecule has 0 saturated heterocycles. The number of hydrogen-bond donors (Lipinski definition) is 2. The maximum Gasteiger partial charge on any atom is 0.138 e. The number of nitrogens with one attached hydrogen (secondary N) is 1. The molecule has 2 N–H and O–H groups in total. The van der Waals surface area contributed by atoms with Gasteiger partial charge in [-0.15, -0.1) is 0 Å². The van der Waals surface area contributed by atoms with Crippen LogP contribution in [0, 0.1) is 11.3 Å². The Hall–Kier alpha value is -3.56. The molecule has 3 rings (SSSR count). The Morgan fingerprint density at radius 3 is 2.78 bits per heavy atom. The number of rotatable bonds is 9. The Kier molecular flexibility index (Phi) is 7.69. The fourth-order valence-electron chi connectivity index (χ4n) is 3.36. The highest BCUT2D eigenvalue weighted by Crippen LogP contribution is 2.40. The molecule has 0 aliphatic carbocycles. The van der Waals surface area contributed by atoms with Crippen molar-refractivity contribution in [2.24, 2.45) is 0 Å². The first-order chi connectivity index (χ1) is 15.4. The SMILES string of the molecule is CC1(C)Oc2ccc(C#N)cc2[C@@H](N/C=C(\COCC=C=O)OCc2ccccc2)[C@@H]1O. The minimum Gasteiger partial charge on any atom is -0.489 e. The number of carbonyl (C=O) groups excluding carboxylic acids is 1. The zero-order valence-electron chi connectivity index (χ0n) is 18.1. The first-order valence-electron chi connectivity index (χ1n) is 10.2. The molecular weight excluding hydrogens is 408 g/mol. The molecule has 0 amide bonds. The predicted molar refractivity (Wildman–Crippen MR) is 118 cm³/mol. The topological polar surface area (TPSA) is 101 Å². The molecule has 7 nitrogen and oxygen atoms in total. The normalized spacial score (nSPS) is 19.0. The number of nitriles is 1. The Morgan fingerprint density at radius 1 is 1.28 bits per heavy atom. The molecule has 1 aliphatic rings. The fourth-order valence-corrected chi connectivity index (χ4v) is 3.36. The van der Waals surface area contributed by atoms with Crippen LogP contribution in [0.4, 0.5) is 0 Å². The van der Waals surface area contributed by atoms with Gasteiger partial charge in [0.2, 0.25) is 0 Å². The molecule has 166 valence electrons. The van der Waals surface area contributed by atoms with Crippen LogP contribution in [0.25, 0.3) is 0 Å². The number of hydrogen-bond acceptors (Lipinski definition) is 7. The maximum atomic E-state index is 11.0. The van der Waals surface area contributed by atoms with E-state index in [1.54, 1.807) is 44.2 Å². The van der Waals surface area contributed by atoms with E-state index in [4.69, 9.17) is 14.2 Å². The summed E-state index contributed by atoms with van der Waals surface area (Å²) in [4.78, 5) is 10.4. The second kappa shape index (κ2) is 10.7. The summed E-state index contributed by atoms with van der Waals surface area (Å²) in [7, 11) is 0. The maximum absolute atomic E-state index is 11.0. The molecule has 0 radical (unpaired) electrons. The van der Waals surface area contributed by atoms with Crippen LogP contribution in [0.5, 0.6) is 5.75 Å². The minimum atomic E-state index is -0.894. The van der Waals surface area contributed by atoms with Gasteiger partial charge in [0.25, 0.3) is 0 Å². The summed E-state index contributed by atoms with van der Waals surface area (Å²) >= 11 is 0. The first kappa shape index (κ1) is 23.1. The van der Waals surface area contributed by atoms with E-state index in [2.05, 4.69) is 11.4 Å². The molecule has 7 heteroatoms. The Morgan fingerprint density at radius 2 is 2.06 bits per heavy atom. The second-order valence-electron chi connectivity index (χ2n) is 7.88. The van der Waals surface area contributed by atoms with Crippen LogP contribution < -0.4 is 10.1 Å². The molecule has 2 aromatic rings. The van der Waals surface area contributed by atoms with E-state index >= 15 is 0 Å². The summed E-state index contributed by atoms with van der Waals surface area (Å²) in [6, 6.07) is 16.4. The van der Waals surface area contributed by atoms with Gasteiger partial charge in [-0.1, -0.05) is 30.3 Å². The van der Waals surface area contributed by atoms with Gasteiger partial charge in [0.05, 0.1) is 24.3 Å². The monoisotopic (exact) mass is 434 g/mol. The van der Waals surface area contributed by atoms with Gasteiger partial charge in [-0.2, -0.15) is 5.26 Å². The van der Waals surface area contributed by atoms with Crippen molar-refractivity contribution in [1.29, 1.82) is 5.26 Å². The number of ether oxygens (including phenoxy) is 3. The molecule has 2 atom stereocenters. The largest absolute Gasteiger partial charge is 0.489 e. The third-order valence-corrected chi connectivity index (χ3v) is 5.09.